The molecule has 1 aliphatic rings. The van der Waals surface area contributed by atoms with Crippen LogP contribution in [-0.2, 0) is 11.3 Å². The van der Waals surface area contributed by atoms with E-state index in [1.165, 1.54) is 17.0 Å². The van der Waals surface area contributed by atoms with Gasteiger partial charge in [0.25, 0.3) is 0 Å². The van der Waals surface area contributed by atoms with E-state index in [-0.39, 0.29) is 29.1 Å². The number of hydrogen-bond donors (Lipinski definition) is 4. The van der Waals surface area contributed by atoms with Gasteiger partial charge >= 0.3 is 0 Å². The lowest BCUT2D eigenvalue weighted by Crippen LogP contribution is -2.33. The first-order chi connectivity index (χ1) is 13.5. The minimum Gasteiger partial charge on any atom is -0.394 e. The number of benzene rings is 1. The molecule has 0 radical (unpaired) electrons. The van der Waals surface area contributed by atoms with Crippen molar-refractivity contribution in [1.29, 1.82) is 0 Å². The molecule has 0 spiro atoms. The number of rotatable bonds is 5. The second-order valence-electron chi connectivity index (χ2n) is 6.34. The Hall–Kier alpha value is -2.37. The van der Waals surface area contributed by atoms with Crippen LogP contribution in [-0.4, -0.2) is 59.8 Å². The summed E-state index contributed by atoms with van der Waals surface area (Å²) >= 11 is 6.02. The van der Waals surface area contributed by atoms with Crippen molar-refractivity contribution in [2.24, 2.45) is 0 Å². The second kappa shape index (κ2) is 7.57. The lowest BCUT2D eigenvalue weighted by Gasteiger charge is -2.16. The van der Waals surface area contributed by atoms with Crippen LogP contribution < -0.4 is 5.32 Å². The fraction of sp³-hybridized carbons (Fsp3) is 0.353. The molecule has 11 heteroatoms. The number of aromatic nitrogens is 4. The number of hydrogen-bond acceptors (Lipinski definition) is 8. The van der Waals surface area contributed by atoms with Crippen LogP contribution in [0.4, 0.5) is 10.2 Å². The standard InChI is InChI=1S/C17H17ClFN5O4/c18-17-22-14(20-5-8-3-1-2-4-9(8)19)11-15(23-17)24(7-21-11)16-13(27)12(26)10(6-25)28-16/h1-4,7,10,12-13,16,25-27H,5-6H2,(H,20,22,23)/t10-,12-,13-,16-/m1/s1. The highest BCUT2D eigenvalue weighted by molar-refractivity contribution is 6.28. The Morgan fingerprint density at radius 1 is 1.21 bits per heavy atom. The summed E-state index contributed by atoms with van der Waals surface area (Å²) in [5.41, 5.74) is 1.03. The molecule has 0 unspecified atom stereocenters. The predicted octanol–water partition coefficient (Wildman–Crippen LogP) is 0.842. The predicted molar refractivity (Wildman–Crippen MR) is 97.1 cm³/mol. The summed E-state index contributed by atoms with van der Waals surface area (Å²) in [5.74, 6) is -0.0767. The fourth-order valence-electron chi connectivity index (χ4n) is 3.13. The molecule has 1 fully saturated rings. The normalized spacial score (nSPS) is 24.8. The Morgan fingerprint density at radius 3 is 2.71 bits per heavy atom. The number of halogens is 2. The SMILES string of the molecule is OC[C@H]1O[C@@H](n2cnc3c(NCc4ccccc4F)nc(Cl)nc32)[C@H](O)[C@@H]1O. The van der Waals surface area contributed by atoms with Gasteiger partial charge in [-0.3, -0.25) is 4.57 Å². The number of anilines is 1. The van der Waals surface area contributed by atoms with Crippen molar-refractivity contribution in [1.82, 2.24) is 19.5 Å². The molecule has 9 nitrogen and oxygen atoms in total. The largest absolute Gasteiger partial charge is 0.394 e. The zero-order valence-electron chi connectivity index (χ0n) is 14.4. The van der Waals surface area contributed by atoms with Crippen LogP contribution in [0.25, 0.3) is 11.2 Å². The maximum Gasteiger partial charge on any atom is 0.226 e. The first kappa shape index (κ1) is 19.0. The molecule has 1 aliphatic heterocycles. The van der Waals surface area contributed by atoms with Crippen molar-refractivity contribution >= 4 is 28.6 Å². The minimum absolute atomic E-state index is 0.0861. The third kappa shape index (κ3) is 3.29. The minimum atomic E-state index is -1.29. The van der Waals surface area contributed by atoms with E-state index in [0.29, 0.717) is 11.1 Å². The lowest BCUT2D eigenvalue weighted by atomic mass is 10.1. The monoisotopic (exact) mass is 409 g/mol. The fourth-order valence-corrected chi connectivity index (χ4v) is 3.29. The molecule has 1 saturated heterocycles. The molecular weight excluding hydrogens is 393 g/mol. The van der Waals surface area contributed by atoms with E-state index >= 15 is 0 Å². The van der Waals surface area contributed by atoms with Gasteiger partial charge in [0.05, 0.1) is 12.9 Å². The van der Waals surface area contributed by atoms with Crippen molar-refractivity contribution in [3.63, 3.8) is 0 Å². The molecule has 4 atom stereocenters. The Kier molecular flexibility index (Phi) is 5.13. The Balaban J connectivity index is 1.66. The highest BCUT2D eigenvalue weighted by Gasteiger charge is 2.44. The first-order valence-electron chi connectivity index (χ1n) is 8.49. The third-order valence-electron chi connectivity index (χ3n) is 4.59. The molecule has 1 aromatic carbocycles. The number of ether oxygens (including phenoxy) is 1. The van der Waals surface area contributed by atoms with Gasteiger partial charge in [0.2, 0.25) is 5.28 Å². The summed E-state index contributed by atoms with van der Waals surface area (Å²) in [6.45, 7) is -0.303. The summed E-state index contributed by atoms with van der Waals surface area (Å²) in [7, 11) is 0. The van der Waals surface area contributed by atoms with Gasteiger partial charge < -0.3 is 25.4 Å². The highest BCUT2D eigenvalue weighted by atomic mass is 35.5. The molecule has 4 N–H and O–H groups in total. The van der Waals surface area contributed by atoms with Crippen molar-refractivity contribution in [3.05, 3.63) is 47.3 Å². The summed E-state index contributed by atoms with van der Waals surface area (Å²) < 4.78 is 20.8. The van der Waals surface area contributed by atoms with Gasteiger partial charge in [-0.2, -0.15) is 9.97 Å². The Bertz CT molecular complexity index is 1000. The molecule has 28 heavy (non-hydrogen) atoms. The first-order valence-corrected chi connectivity index (χ1v) is 8.87. The molecular formula is C17H17ClFN5O4. The summed E-state index contributed by atoms with van der Waals surface area (Å²) in [5, 5.41) is 32.4. The Morgan fingerprint density at radius 2 is 2.00 bits per heavy atom. The Labute approximate surface area is 163 Å². The van der Waals surface area contributed by atoms with Gasteiger partial charge in [-0.05, 0) is 17.7 Å². The third-order valence-corrected chi connectivity index (χ3v) is 4.76. The van der Waals surface area contributed by atoms with Gasteiger partial charge in [-0.15, -0.1) is 0 Å². The number of imidazole rings is 1. The average molecular weight is 410 g/mol. The van der Waals surface area contributed by atoms with E-state index in [1.54, 1.807) is 18.2 Å². The second-order valence-corrected chi connectivity index (χ2v) is 6.68. The van der Waals surface area contributed by atoms with E-state index in [1.807, 2.05) is 0 Å². The summed E-state index contributed by atoms with van der Waals surface area (Å²) in [6, 6.07) is 6.32. The van der Waals surface area contributed by atoms with Crippen LogP contribution in [0, 0.1) is 5.82 Å². The molecule has 0 aliphatic carbocycles. The zero-order chi connectivity index (χ0) is 19.8. The quantitative estimate of drug-likeness (QED) is 0.457. The van der Waals surface area contributed by atoms with Gasteiger partial charge in [0.1, 0.15) is 24.1 Å². The molecule has 3 heterocycles. The van der Waals surface area contributed by atoms with Crippen LogP contribution in [0.3, 0.4) is 0 Å². The van der Waals surface area contributed by atoms with Crippen molar-refractivity contribution in [2.45, 2.75) is 31.1 Å². The number of aliphatic hydroxyl groups is 3. The van der Waals surface area contributed by atoms with E-state index in [2.05, 4.69) is 20.3 Å². The topological polar surface area (TPSA) is 126 Å². The van der Waals surface area contributed by atoms with E-state index < -0.39 is 31.1 Å². The number of nitrogens with zero attached hydrogens (tertiary/aromatic N) is 4. The number of nitrogens with one attached hydrogen (secondary N) is 1. The van der Waals surface area contributed by atoms with Crippen LogP contribution >= 0.6 is 11.6 Å². The molecule has 0 bridgehead atoms. The molecule has 2 aromatic heterocycles. The summed E-state index contributed by atoms with van der Waals surface area (Å²) in [6.07, 6.45) is -3.14. The van der Waals surface area contributed by atoms with Crippen LogP contribution in [0.1, 0.15) is 11.8 Å². The van der Waals surface area contributed by atoms with Crippen LogP contribution in [0.15, 0.2) is 30.6 Å². The number of aliphatic hydroxyl groups excluding tert-OH is 3. The van der Waals surface area contributed by atoms with E-state index in [4.69, 9.17) is 16.3 Å². The van der Waals surface area contributed by atoms with Gasteiger partial charge in [-0.25, -0.2) is 9.37 Å². The van der Waals surface area contributed by atoms with E-state index in [0.717, 1.165) is 0 Å². The van der Waals surface area contributed by atoms with Gasteiger partial charge in [-0.1, -0.05) is 18.2 Å². The molecule has 0 saturated carbocycles. The smallest absolute Gasteiger partial charge is 0.226 e. The molecule has 3 aromatic rings. The number of fused-ring (bicyclic) bond motifs is 1. The van der Waals surface area contributed by atoms with Gasteiger partial charge in [0.15, 0.2) is 23.2 Å². The zero-order valence-corrected chi connectivity index (χ0v) is 15.2. The van der Waals surface area contributed by atoms with E-state index in [9.17, 15) is 19.7 Å². The lowest BCUT2D eigenvalue weighted by molar-refractivity contribution is -0.0511. The highest BCUT2D eigenvalue weighted by Crippen LogP contribution is 2.32. The molecule has 148 valence electrons. The maximum atomic E-state index is 13.8. The molecule has 4 rings (SSSR count). The van der Waals surface area contributed by atoms with Crippen molar-refractivity contribution in [3.8, 4) is 0 Å². The van der Waals surface area contributed by atoms with Gasteiger partial charge in [0, 0.05) is 12.1 Å². The maximum absolute atomic E-state index is 13.8. The van der Waals surface area contributed by atoms with Crippen molar-refractivity contribution < 1.29 is 24.4 Å². The van der Waals surface area contributed by atoms with Crippen molar-refractivity contribution in [2.75, 3.05) is 11.9 Å². The summed E-state index contributed by atoms with van der Waals surface area (Å²) in [4.78, 5) is 12.5. The van der Waals surface area contributed by atoms with Crippen LogP contribution in [0.2, 0.25) is 5.28 Å². The van der Waals surface area contributed by atoms with Crippen LogP contribution in [0.5, 0.6) is 0 Å². The molecule has 0 amide bonds. The average Bonchev–Trinajstić information content (AvgIpc) is 3.22.